The average Bonchev–Trinajstić information content (AvgIpc) is 2.78. The van der Waals surface area contributed by atoms with Crippen molar-refractivity contribution in [3.05, 3.63) is 66.2 Å². The molecular weight excluding hydrogens is 423 g/mol. The zero-order chi connectivity index (χ0) is 22.9. The molecule has 0 saturated carbocycles. The third-order valence-electron chi connectivity index (χ3n) is 4.74. The topological polar surface area (TPSA) is 79.5 Å². The number of methoxy groups -OCH3 is 2. The number of nitrogens with zero attached hydrogens (tertiary/aromatic N) is 2. The number of hydrogen-bond donors (Lipinski definition) is 1. The van der Waals surface area contributed by atoms with E-state index in [1.54, 1.807) is 42.5 Å². The fourth-order valence-corrected chi connectivity index (χ4v) is 3.18. The van der Waals surface area contributed by atoms with E-state index < -0.39 is 17.4 Å². The molecule has 0 aliphatic carbocycles. The maximum Gasteiger partial charge on any atom is 0.418 e. The number of aromatic nitrogens is 2. The molecule has 1 aromatic heterocycles. The van der Waals surface area contributed by atoms with Gasteiger partial charge in [-0.25, -0.2) is 9.97 Å². The number of fused-ring (bicyclic) bond motifs is 1. The van der Waals surface area contributed by atoms with Crippen LogP contribution in [0.3, 0.4) is 0 Å². The Bertz CT molecular complexity index is 1260. The first kappa shape index (κ1) is 21.2. The summed E-state index contributed by atoms with van der Waals surface area (Å²) in [6.45, 7) is 0. The summed E-state index contributed by atoms with van der Waals surface area (Å²) < 4.78 is 56.5. The average molecular weight is 441 g/mol. The quantitative estimate of drug-likeness (QED) is 0.400. The molecular formula is C23H18F3N3O3. The SMILES string of the molecule is COc1cc(OC)cc(Oc2nc3c(N)c(C(F)(F)F)ccc3nc2-c2ccccc2)c1. The number of hydrogen-bond acceptors (Lipinski definition) is 6. The van der Waals surface area contributed by atoms with E-state index in [1.165, 1.54) is 20.3 Å². The number of alkyl halides is 3. The van der Waals surface area contributed by atoms with Gasteiger partial charge < -0.3 is 19.9 Å². The molecule has 0 amide bonds. The second-order valence-corrected chi connectivity index (χ2v) is 6.79. The van der Waals surface area contributed by atoms with E-state index in [1.807, 2.05) is 6.07 Å². The van der Waals surface area contributed by atoms with Crippen LogP contribution in [0.2, 0.25) is 0 Å². The number of nitrogens with two attached hydrogens (primary N) is 1. The fourth-order valence-electron chi connectivity index (χ4n) is 3.18. The van der Waals surface area contributed by atoms with E-state index in [-0.39, 0.29) is 16.9 Å². The standard InChI is InChI=1S/C23H18F3N3O3/c1-30-14-10-15(31-2)12-16(11-14)32-22-20(13-6-4-3-5-7-13)28-18-9-8-17(23(24,25)26)19(27)21(18)29-22/h3-12H,27H2,1-2H3. The first-order valence-electron chi connectivity index (χ1n) is 9.44. The van der Waals surface area contributed by atoms with E-state index in [2.05, 4.69) is 9.97 Å². The number of nitrogen functional groups attached to an aromatic ring is 1. The molecule has 1 heterocycles. The van der Waals surface area contributed by atoms with E-state index in [4.69, 9.17) is 19.9 Å². The molecule has 9 heteroatoms. The van der Waals surface area contributed by atoms with Gasteiger partial charge in [0.05, 0.1) is 31.0 Å². The number of rotatable bonds is 5. The maximum absolute atomic E-state index is 13.3. The Labute approximate surface area is 181 Å². The minimum Gasteiger partial charge on any atom is -0.496 e. The van der Waals surface area contributed by atoms with Gasteiger partial charge in [-0.05, 0) is 12.1 Å². The first-order valence-corrected chi connectivity index (χ1v) is 9.44. The van der Waals surface area contributed by atoms with E-state index >= 15 is 0 Å². The van der Waals surface area contributed by atoms with Gasteiger partial charge in [0.1, 0.15) is 28.5 Å². The van der Waals surface area contributed by atoms with Gasteiger partial charge in [0, 0.05) is 23.8 Å². The summed E-state index contributed by atoms with van der Waals surface area (Å²) in [6.07, 6.45) is -4.63. The molecule has 4 rings (SSSR count). The van der Waals surface area contributed by atoms with Gasteiger partial charge >= 0.3 is 6.18 Å². The van der Waals surface area contributed by atoms with Crippen molar-refractivity contribution >= 4 is 16.7 Å². The van der Waals surface area contributed by atoms with Crippen LogP contribution in [0.4, 0.5) is 18.9 Å². The van der Waals surface area contributed by atoms with Crippen LogP contribution in [0.15, 0.2) is 60.7 Å². The first-order chi connectivity index (χ1) is 15.3. The lowest BCUT2D eigenvalue weighted by Gasteiger charge is -2.15. The van der Waals surface area contributed by atoms with Crippen LogP contribution in [0, 0.1) is 0 Å². The van der Waals surface area contributed by atoms with Crippen LogP contribution in [-0.4, -0.2) is 24.2 Å². The summed E-state index contributed by atoms with van der Waals surface area (Å²) in [5, 5.41) is 0. The van der Waals surface area contributed by atoms with E-state index in [9.17, 15) is 13.2 Å². The van der Waals surface area contributed by atoms with Gasteiger partial charge in [0.2, 0.25) is 5.88 Å². The van der Waals surface area contributed by atoms with Crippen molar-refractivity contribution in [2.75, 3.05) is 20.0 Å². The van der Waals surface area contributed by atoms with Gasteiger partial charge in [0.15, 0.2) is 0 Å². The van der Waals surface area contributed by atoms with Crippen LogP contribution in [0.25, 0.3) is 22.3 Å². The molecule has 0 aliphatic heterocycles. The van der Waals surface area contributed by atoms with Crippen molar-refractivity contribution in [3.8, 4) is 34.4 Å². The molecule has 0 atom stereocenters. The Kier molecular flexibility index (Phi) is 5.48. The van der Waals surface area contributed by atoms with Crippen molar-refractivity contribution in [1.29, 1.82) is 0 Å². The molecule has 32 heavy (non-hydrogen) atoms. The lowest BCUT2D eigenvalue weighted by Crippen LogP contribution is -2.10. The molecule has 2 N–H and O–H groups in total. The van der Waals surface area contributed by atoms with Crippen molar-refractivity contribution in [2.24, 2.45) is 0 Å². The van der Waals surface area contributed by atoms with Gasteiger partial charge in [0.25, 0.3) is 0 Å². The highest BCUT2D eigenvalue weighted by Gasteiger charge is 2.34. The van der Waals surface area contributed by atoms with Crippen molar-refractivity contribution in [2.45, 2.75) is 6.18 Å². The summed E-state index contributed by atoms with van der Waals surface area (Å²) in [4.78, 5) is 8.85. The molecule has 0 fully saturated rings. The summed E-state index contributed by atoms with van der Waals surface area (Å²) >= 11 is 0. The predicted octanol–water partition coefficient (Wildman–Crippen LogP) is 5.71. The van der Waals surface area contributed by atoms with Crippen molar-refractivity contribution in [3.63, 3.8) is 0 Å². The Balaban J connectivity index is 1.93. The highest BCUT2D eigenvalue weighted by molar-refractivity contribution is 5.91. The molecule has 6 nitrogen and oxygen atoms in total. The molecule has 0 aliphatic rings. The van der Waals surface area contributed by atoms with Gasteiger partial charge in [-0.2, -0.15) is 13.2 Å². The normalized spacial score (nSPS) is 11.4. The molecule has 3 aromatic carbocycles. The van der Waals surface area contributed by atoms with Crippen LogP contribution in [-0.2, 0) is 6.18 Å². The number of anilines is 1. The summed E-state index contributed by atoms with van der Waals surface area (Å²) in [6, 6.07) is 16.0. The van der Waals surface area contributed by atoms with Crippen molar-refractivity contribution in [1.82, 2.24) is 9.97 Å². The maximum atomic E-state index is 13.3. The van der Waals surface area contributed by atoms with E-state index in [0.29, 0.717) is 28.5 Å². The van der Waals surface area contributed by atoms with Gasteiger partial charge in [-0.3, -0.25) is 0 Å². The molecule has 0 radical (unpaired) electrons. The van der Waals surface area contributed by atoms with Crippen LogP contribution >= 0.6 is 0 Å². The number of benzene rings is 3. The molecule has 0 bridgehead atoms. The predicted molar refractivity (Wildman–Crippen MR) is 114 cm³/mol. The Morgan fingerprint density at radius 3 is 2.03 bits per heavy atom. The second kappa shape index (κ2) is 8.26. The van der Waals surface area contributed by atoms with Gasteiger partial charge in [-0.15, -0.1) is 0 Å². The molecule has 0 spiro atoms. The highest BCUT2D eigenvalue weighted by Crippen LogP contribution is 2.40. The van der Waals surface area contributed by atoms with Crippen molar-refractivity contribution < 1.29 is 27.4 Å². The third-order valence-corrected chi connectivity index (χ3v) is 4.74. The van der Waals surface area contributed by atoms with Gasteiger partial charge in [-0.1, -0.05) is 30.3 Å². The summed E-state index contributed by atoms with van der Waals surface area (Å²) in [5.74, 6) is 1.23. The number of halogens is 3. The number of ether oxygens (including phenoxy) is 3. The van der Waals surface area contributed by atoms with Crippen LogP contribution in [0.5, 0.6) is 23.1 Å². The highest BCUT2D eigenvalue weighted by atomic mass is 19.4. The molecule has 164 valence electrons. The third kappa shape index (κ3) is 4.09. The van der Waals surface area contributed by atoms with Crippen LogP contribution < -0.4 is 19.9 Å². The lowest BCUT2D eigenvalue weighted by molar-refractivity contribution is -0.136. The Morgan fingerprint density at radius 1 is 0.812 bits per heavy atom. The minimum absolute atomic E-state index is 0.00923. The minimum atomic E-state index is -4.63. The summed E-state index contributed by atoms with van der Waals surface area (Å²) in [7, 11) is 2.98. The monoisotopic (exact) mass is 441 g/mol. The smallest absolute Gasteiger partial charge is 0.418 e. The molecule has 0 saturated heterocycles. The largest absolute Gasteiger partial charge is 0.496 e. The van der Waals surface area contributed by atoms with Crippen LogP contribution in [0.1, 0.15) is 5.56 Å². The zero-order valence-corrected chi connectivity index (χ0v) is 17.1. The Hall–Kier alpha value is -4.01. The Morgan fingerprint density at radius 2 is 1.44 bits per heavy atom. The lowest BCUT2D eigenvalue weighted by atomic mass is 10.1. The molecule has 4 aromatic rings. The zero-order valence-electron chi connectivity index (χ0n) is 17.1. The molecule has 0 unspecified atom stereocenters. The van der Waals surface area contributed by atoms with E-state index in [0.717, 1.165) is 6.07 Å². The second-order valence-electron chi connectivity index (χ2n) is 6.79. The fraction of sp³-hybridized carbons (Fsp3) is 0.130. The summed E-state index contributed by atoms with van der Waals surface area (Å²) in [5.41, 5.74) is 5.45.